The maximum atomic E-state index is 12.8. The largest absolute Gasteiger partial charge is 0.368 e. The minimum absolute atomic E-state index is 0.157. The average molecular weight is 332 g/mol. The summed E-state index contributed by atoms with van der Waals surface area (Å²) in [6, 6.07) is 2.70. The van der Waals surface area contributed by atoms with Gasteiger partial charge in [-0.3, -0.25) is 0 Å². The highest BCUT2D eigenvalue weighted by atomic mass is 35.5. The van der Waals surface area contributed by atoms with Crippen molar-refractivity contribution in [2.24, 2.45) is 5.92 Å². The second-order valence-electron chi connectivity index (χ2n) is 5.09. The first-order chi connectivity index (χ1) is 10.2. The van der Waals surface area contributed by atoms with E-state index in [1.165, 1.54) is 0 Å². The number of thiazole rings is 1. The smallest absolute Gasteiger partial charge is 0.272 e. The summed E-state index contributed by atoms with van der Waals surface area (Å²) in [7, 11) is 0. The van der Waals surface area contributed by atoms with Gasteiger partial charge in [-0.15, -0.1) is 0 Å². The molecule has 2 heterocycles. The van der Waals surface area contributed by atoms with Gasteiger partial charge in [0.2, 0.25) is 0 Å². The van der Waals surface area contributed by atoms with Crippen molar-refractivity contribution in [3.8, 4) is 6.07 Å². The number of halogens is 2. The molecule has 0 radical (unpaired) electrons. The molecule has 21 heavy (non-hydrogen) atoms. The molecule has 8 heteroatoms. The van der Waals surface area contributed by atoms with Crippen LogP contribution in [0.4, 0.5) is 10.2 Å². The first-order valence-corrected chi connectivity index (χ1v) is 8.28. The number of aromatic nitrogens is 1. The maximum absolute atomic E-state index is 12.8. The number of unbranched alkanes of at least 4 members (excludes halogenated alkanes) is 1. The molecule has 1 aromatic heterocycles. The van der Waals surface area contributed by atoms with E-state index < -0.39 is 5.26 Å². The molecule has 2 rings (SSSR count). The van der Waals surface area contributed by atoms with Gasteiger partial charge in [0.1, 0.15) is 4.34 Å². The van der Waals surface area contributed by atoms with Gasteiger partial charge in [-0.2, -0.15) is 14.6 Å². The lowest BCUT2D eigenvalue weighted by Crippen LogP contribution is -2.34. The third-order valence-corrected chi connectivity index (χ3v) is 4.47. The highest BCUT2D eigenvalue weighted by molar-refractivity contribution is 7.15. The van der Waals surface area contributed by atoms with Crippen LogP contribution in [0.5, 0.6) is 0 Å². The summed E-state index contributed by atoms with van der Waals surface area (Å²) in [5.74, 6) is 0.592. The lowest BCUT2D eigenvalue weighted by Gasteiger charge is -2.11. The molecule has 1 saturated heterocycles. The quantitative estimate of drug-likeness (QED) is 0.637. The highest BCUT2D eigenvalue weighted by Crippen LogP contribution is 2.27. The van der Waals surface area contributed by atoms with Crippen LogP contribution in [0.3, 0.4) is 0 Å². The lowest BCUT2D eigenvalue weighted by atomic mass is 10.1. The summed E-state index contributed by atoms with van der Waals surface area (Å²) in [6.07, 6.45) is 2.91. The first kappa shape index (κ1) is 16.4. The van der Waals surface area contributed by atoms with Crippen molar-refractivity contribution in [1.29, 1.82) is 5.26 Å². The van der Waals surface area contributed by atoms with Gasteiger partial charge in [0.25, 0.3) is 5.26 Å². The van der Waals surface area contributed by atoms with E-state index in [0.29, 0.717) is 16.2 Å². The SMILES string of the molecule is N#C[C@H]1CN[C@H](CNCCCCNc2nc(F)sc2Cl)C1. The molecule has 116 valence electrons. The van der Waals surface area contributed by atoms with Crippen LogP contribution >= 0.6 is 22.9 Å². The van der Waals surface area contributed by atoms with Gasteiger partial charge in [0.05, 0.1) is 12.0 Å². The number of hydrogen-bond acceptors (Lipinski definition) is 6. The molecular formula is C13H19ClFN5S. The average Bonchev–Trinajstić information content (AvgIpc) is 3.04. The van der Waals surface area contributed by atoms with E-state index in [1.54, 1.807) is 0 Å². The molecular weight excluding hydrogens is 313 g/mol. The van der Waals surface area contributed by atoms with Crippen molar-refractivity contribution in [2.45, 2.75) is 25.3 Å². The van der Waals surface area contributed by atoms with Crippen LogP contribution in [0.25, 0.3) is 0 Å². The fourth-order valence-corrected chi connectivity index (χ4v) is 3.12. The second kappa shape index (κ2) is 8.49. The summed E-state index contributed by atoms with van der Waals surface area (Å²) < 4.78 is 13.2. The van der Waals surface area contributed by atoms with Gasteiger partial charge >= 0.3 is 0 Å². The van der Waals surface area contributed by atoms with Crippen molar-refractivity contribution < 1.29 is 4.39 Å². The van der Waals surface area contributed by atoms with Gasteiger partial charge in [-0.25, -0.2) is 0 Å². The molecule has 1 aliphatic heterocycles. The van der Waals surface area contributed by atoms with Crippen molar-refractivity contribution in [3.05, 3.63) is 9.60 Å². The van der Waals surface area contributed by atoms with E-state index in [2.05, 4.69) is 27.0 Å². The van der Waals surface area contributed by atoms with Gasteiger partial charge in [-0.05, 0) is 25.8 Å². The van der Waals surface area contributed by atoms with Crippen molar-refractivity contribution in [1.82, 2.24) is 15.6 Å². The number of anilines is 1. The fourth-order valence-electron chi connectivity index (χ4n) is 2.32. The summed E-state index contributed by atoms with van der Waals surface area (Å²) in [4.78, 5) is 3.67. The van der Waals surface area contributed by atoms with Gasteiger partial charge in [0.15, 0.2) is 5.82 Å². The Labute approximate surface area is 132 Å². The zero-order chi connectivity index (χ0) is 15.1. The van der Waals surface area contributed by atoms with Crippen molar-refractivity contribution in [2.75, 3.05) is 31.5 Å². The van der Waals surface area contributed by atoms with Gasteiger partial charge in [0, 0.05) is 25.7 Å². The third kappa shape index (κ3) is 5.40. The molecule has 1 aromatic rings. The maximum Gasteiger partial charge on any atom is 0.272 e. The number of nitrogens with zero attached hydrogens (tertiary/aromatic N) is 2. The monoisotopic (exact) mass is 331 g/mol. The molecule has 0 unspecified atom stereocenters. The third-order valence-electron chi connectivity index (χ3n) is 3.43. The van der Waals surface area contributed by atoms with Crippen LogP contribution in [-0.4, -0.2) is 37.2 Å². The summed E-state index contributed by atoms with van der Waals surface area (Å²) in [5, 5.41) is 18.1. The zero-order valence-electron chi connectivity index (χ0n) is 11.7. The second-order valence-corrected chi connectivity index (χ2v) is 6.65. The summed E-state index contributed by atoms with van der Waals surface area (Å²) in [6.45, 7) is 3.35. The van der Waals surface area contributed by atoms with Crippen LogP contribution in [-0.2, 0) is 0 Å². The van der Waals surface area contributed by atoms with Crippen LogP contribution in [0.1, 0.15) is 19.3 Å². The Morgan fingerprint density at radius 3 is 2.95 bits per heavy atom. The van der Waals surface area contributed by atoms with Gasteiger partial charge < -0.3 is 16.0 Å². The standard InChI is InChI=1S/C13H19ClFN5S/c14-11-12(20-13(15)21-11)18-4-2-1-3-17-8-10-5-9(6-16)7-19-10/h9-10,17-19H,1-5,7-8H2/t9-,10-/m0/s1. The molecule has 3 N–H and O–H groups in total. The van der Waals surface area contributed by atoms with Crippen LogP contribution in [0, 0.1) is 22.5 Å². The van der Waals surface area contributed by atoms with E-state index in [0.717, 1.165) is 56.8 Å². The van der Waals surface area contributed by atoms with Crippen molar-refractivity contribution in [3.63, 3.8) is 0 Å². The molecule has 0 amide bonds. The van der Waals surface area contributed by atoms with Gasteiger partial charge in [-0.1, -0.05) is 22.9 Å². The Balaban J connectivity index is 1.47. The Kier molecular flexibility index (Phi) is 6.64. The molecule has 0 saturated carbocycles. The van der Waals surface area contributed by atoms with Crippen LogP contribution in [0.2, 0.25) is 4.34 Å². The molecule has 1 fully saturated rings. The zero-order valence-corrected chi connectivity index (χ0v) is 13.2. The predicted molar refractivity (Wildman–Crippen MR) is 83.2 cm³/mol. The topological polar surface area (TPSA) is 72.8 Å². The summed E-state index contributed by atoms with van der Waals surface area (Å²) in [5.41, 5.74) is 0. The molecule has 0 aliphatic carbocycles. The minimum atomic E-state index is -0.510. The Morgan fingerprint density at radius 2 is 2.29 bits per heavy atom. The number of rotatable bonds is 8. The van der Waals surface area contributed by atoms with Crippen LogP contribution in [0.15, 0.2) is 0 Å². The molecule has 1 aliphatic rings. The van der Waals surface area contributed by atoms with Crippen molar-refractivity contribution >= 4 is 28.8 Å². The van der Waals surface area contributed by atoms with Crippen LogP contribution < -0.4 is 16.0 Å². The van der Waals surface area contributed by atoms with E-state index >= 15 is 0 Å². The normalized spacial score (nSPS) is 21.4. The predicted octanol–water partition coefficient (Wildman–Crippen LogP) is 2.22. The molecule has 0 bridgehead atoms. The fraction of sp³-hybridized carbons (Fsp3) is 0.692. The van der Waals surface area contributed by atoms with E-state index in [9.17, 15) is 4.39 Å². The molecule has 2 atom stereocenters. The Hall–Kier alpha value is -0.940. The molecule has 0 aromatic carbocycles. The number of nitriles is 1. The number of nitrogens with one attached hydrogen (secondary N) is 3. The Morgan fingerprint density at radius 1 is 1.48 bits per heavy atom. The van der Waals surface area contributed by atoms with E-state index in [4.69, 9.17) is 16.9 Å². The van der Waals surface area contributed by atoms with E-state index in [-0.39, 0.29) is 5.92 Å². The lowest BCUT2D eigenvalue weighted by molar-refractivity contribution is 0.522. The first-order valence-electron chi connectivity index (χ1n) is 7.08. The summed E-state index contributed by atoms with van der Waals surface area (Å²) >= 11 is 6.66. The Bertz CT molecular complexity index is 489. The van der Waals surface area contributed by atoms with E-state index in [1.807, 2.05) is 0 Å². The highest BCUT2D eigenvalue weighted by Gasteiger charge is 2.22. The number of hydrogen-bond donors (Lipinski definition) is 3. The molecule has 5 nitrogen and oxygen atoms in total. The minimum Gasteiger partial charge on any atom is -0.368 e. The molecule has 0 spiro atoms.